The fourth-order valence-corrected chi connectivity index (χ4v) is 3.09. The van der Waals surface area contributed by atoms with Gasteiger partial charge in [0.05, 0.1) is 31.5 Å². The summed E-state index contributed by atoms with van der Waals surface area (Å²) in [4.78, 5) is 2.63. The van der Waals surface area contributed by atoms with Gasteiger partial charge >= 0.3 is 0 Å². The van der Waals surface area contributed by atoms with E-state index in [4.69, 9.17) is 26.1 Å². The highest BCUT2D eigenvalue weighted by molar-refractivity contribution is 7.71. The van der Waals surface area contributed by atoms with Gasteiger partial charge in [0.15, 0.2) is 0 Å². The molecule has 1 aliphatic heterocycles. The first-order valence-electron chi connectivity index (χ1n) is 7.66. The third-order valence-corrected chi connectivity index (χ3v) is 4.07. The maximum atomic E-state index is 5.75. The van der Waals surface area contributed by atoms with Gasteiger partial charge in [-0.1, -0.05) is 12.1 Å². The van der Waals surface area contributed by atoms with Crippen LogP contribution >= 0.6 is 12.2 Å². The molecule has 2 atom stereocenters. The number of morpholine rings is 1. The Morgan fingerprint density at radius 3 is 2.65 bits per heavy atom. The normalized spacial score (nSPS) is 22.2. The summed E-state index contributed by atoms with van der Waals surface area (Å²) in [7, 11) is 1.63. The van der Waals surface area contributed by atoms with Gasteiger partial charge in [0.25, 0.3) is 10.7 Å². The first kappa shape index (κ1) is 16.2. The Bertz CT molecular complexity index is 717. The summed E-state index contributed by atoms with van der Waals surface area (Å²) in [5.41, 5.74) is 0.795. The Balaban J connectivity index is 1.83. The zero-order chi connectivity index (χ0) is 16.4. The fraction of sp³-hybridized carbons (Fsp3) is 0.500. The van der Waals surface area contributed by atoms with Gasteiger partial charge in [0, 0.05) is 13.1 Å². The molecule has 0 N–H and O–H groups in total. The lowest BCUT2D eigenvalue weighted by Crippen LogP contribution is -2.46. The van der Waals surface area contributed by atoms with Crippen molar-refractivity contribution in [2.75, 3.05) is 20.2 Å². The van der Waals surface area contributed by atoms with Gasteiger partial charge in [-0.25, -0.2) is 4.68 Å². The Kier molecular flexibility index (Phi) is 4.79. The van der Waals surface area contributed by atoms with Crippen LogP contribution in [0.15, 0.2) is 28.7 Å². The molecule has 1 saturated heterocycles. The molecule has 1 aromatic heterocycles. The molecule has 0 saturated carbocycles. The number of rotatable bonds is 4. The minimum Gasteiger partial charge on any atom is -0.496 e. The van der Waals surface area contributed by atoms with Gasteiger partial charge in [-0.05, 0) is 38.2 Å². The fourth-order valence-electron chi connectivity index (χ4n) is 2.92. The van der Waals surface area contributed by atoms with Crippen molar-refractivity contribution < 1.29 is 13.9 Å². The number of benzene rings is 1. The van der Waals surface area contributed by atoms with Crippen LogP contribution in [0.1, 0.15) is 13.8 Å². The van der Waals surface area contributed by atoms with Crippen LogP contribution < -0.4 is 4.74 Å². The molecule has 2 aromatic rings. The molecule has 0 aliphatic carbocycles. The summed E-state index contributed by atoms with van der Waals surface area (Å²) in [6, 6.07) is 7.60. The van der Waals surface area contributed by atoms with Gasteiger partial charge in [0.2, 0.25) is 0 Å². The first-order chi connectivity index (χ1) is 11.1. The van der Waals surface area contributed by atoms with E-state index in [-0.39, 0.29) is 12.2 Å². The molecule has 0 amide bonds. The zero-order valence-corrected chi connectivity index (χ0v) is 14.4. The van der Waals surface area contributed by atoms with Crippen LogP contribution in [0.5, 0.6) is 5.75 Å². The van der Waals surface area contributed by atoms with Crippen molar-refractivity contribution in [2.45, 2.75) is 32.7 Å². The van der Waals surface area contributed by atoms with Crippen LogP contribution in [-0.4, -0.2) is 47.1 Å². The molecule has 2 heterocycles. The topological polar surface area (TPSA) is 52.7 Å². The molecular weight excluding hydrogens is 314 g/mol. The zero-order valence-electron chi connectivity index (χ0n) is 13.6. The molecule has 1 fully saturated rings. The maximum Gasteiger partial charge on any atom is 0.288 e. The van der Waals surface area contributed by atoms with Crippen LogP contribution in [0.3, 0.4) is 0 Å². The highest BCUT2D eigenvalue weighted by atomic mass is 32.1. The monoisotopic (exact) mass is 335 g/mol. The van der Waals surface area contributed by atoms with Gasteiger partial charge < -0.3 is 13.9 Å². The standard InChI is InChI=1S/C16H21N3O3S/c1-11-8-18(9-12(2)21-11)10-19-16(23)22-15(17-19)13-6-4-5-7-14(13)20-3/h4-7,11-12H,8-10H2,1-3H3/t11-,12-/m1/s1. The molecule has 0 bridgehead atoms. The summed E-state index contributed by atoms with van der Waals surface area (Å²) >= 11 is 5.31. The lowest BCUT2D eigenvalue weighted by atomic mass is 10.2. The number of hydrogen-bond donors (Lipinski definition) is 0. The van der Waals surface area contributed by atoms with Crippen LogP contribution in [-0.2, 0) is 11.4 Å². The number of hydrogen-bond acceptors (Lipinski definition) is 6. The van der Waals surface area contributed by atoms with Crippen LogP contribution in [0.25, 0.3) is 11.5 Å². The number of nitrogens with zero attached hydrogens (tertiary/aromatic N) is 3. The molecule has 124 valence electrons. The SMILES string of the molecule is COc1ccccc1-c1nn(CN2C[C@@H](C)O[C@H](C)C2)c(=S)o1. The van der Waals surface area contributed by atoms with E-state index in [1.165, 1.54) is 0 Å². The van der Waals surface area contributed by atoms with E-state index in [9.17, 15) is 0 Å². The summed E-state index contributed by atoms with van der Waals surface area (Å²) in [6.45, 7) is 6.44. The summed E-state index contributed by atoms with van der Waals surface area (Å²) in [5, 5.41) is 4.52. The average Bonchev–Trinajstić information content (AvgIpc) is 2.87. The van der Waals surface area contributed by atoms with Crippen molar-refractivity contribution in [1.82, 2.24) is 14.7 Å². The predicted octanol–water partition coefficient (Wildman–Crippen LogP) is 2.95. The first-order valence-corrected chi connectivity index (χ1v) is 8.07. The quantitative estimate of drug-likeness (QED) is 0.801. The second-order valence-corrected chi connectivity index (χ2v) is 6.16. The van der Waals surface area contributed by atoms with Crippen molar-refractivity contribution in [3.05, 3.63) is 29.1 Å². The third-order valence-electron chi connectivity index (χ3n) is 3.77. The summed E-state index contributed by atoms with van der Waals surface area (Å²) < 4.78 is 18.5. The Labute approximate surface area is 140 Å². The van der Waals surface area contributed by atoms with Gasteiger partial charge in [0.1, 0.15) is 5.75 Å². The average molecular weight is 335 g/mol. The third kappa shape index (κ3) is 3.63. The number of aromatic nitrogens is 2. The smallest absolute Gasteiger partial charge is 0.288 e. The summed E-state index contributed by atoms with van der Waals surface area (Å²) in [5.74, 6) is 1.19. The number of methoxy groups -OCH3 is 1. The Morgan fingerprint density at radius 2 is 1.96 bits per heavy atom. The lowest BCUT2D eigenvalue weighted by Gasteiger charge is -2.34. The van der Waals surface area contributed by atoms with E-state index in [2.05, 4.69) is 23.8 Å². The van der Waals surface area contributed by atoms with Crippen LogP contribution in [0.4, 0.5) is 0 Å². The van der Waals surface area contributed by atoms with E-state index < -0.39 is 0 Å². The largest absolute Gasteiger partial charge is 0.496 e. The minimum atomic E-state index is 0.202. The molecule has 7 heteroatoms. The second-order valence-electron chi connectivity index (χ2n) is 5.81. The Hall–Kier alpha value is -1.70. The molecule has 0 radical (unpaired) electrons. The molecule has 6 nitrogen and oxygen atoms in total. The van der Waals surface area contributed by atoms with E-state index in [0.29, 0.717) is 23.1 Å². The van der Waals surface area contributed by atoms with Crippen LogP contribution in [0.2, 0.25) is 0 Å². The molecular formula is C16H21N3O3S. The van der Waals surface area contributed by atoms with Crippen molar-refractivity contribution in [1.29, 1.82) is 0 Å². The van der Waals surface area contributed by atoms with Crippen molar-refractivity contribution in [3.8, 4) is 17.2 Å². The second kappa shape index (κ2) is 6.82. The Morgan fingerprint density at radius 1 is 1.26 bits per heavy atom. The van der Waals surface area contributed by atoms with Crippen LogP contribution in [0, 0.1) is 4.84 Å². The summed E-state index contributed by atoms with van der Waals surface area (Å²) in [6.07, 6.45) is 0.405. The molecule has 3 rings (SSSR count). The predicted molar refractivity (Wildman–Crippen MR) is 88.9 cm³/mol. The van der Waals surface area contributed by atoms with E-state index in [0.717, 1.165) is 18.7 Å². The van der Waals surface area contributed by atoms with Gasteiger partial charge in [-0.15, -0.1) is 5.10 Å². The van der Waals surface area contributed by atoms with Gasteiger partial charge in [-0.2, -0.15) is 0 Å². The van der Waals surface area contributed by atoms with E-state index in [1.807, 2.05) is 24.3 Å². The van der Waals surface area contributed by atoms with E-state index in [1.54, 1.807) is 11.8 Å². The van der Waals surface area contributed by atoms with E-state index >= 15 is 0 Å². The highest BCUT2D eigenvalue weighted by Crippen LogP contribution is 2.28. The van der Waals surface area contributed by atoms with Crippen molar-refractivity contribution in [3.63, 3.8) is 0 Å². The lowest BCUT2D eigenvalue weighted by molar-refractivity contribution is -0.0778. The molecule has 1 aromatic carbocycles. The van der Waals surface area contributed by atoms with Crippen molar-refractivity contribution in [2.24, 2.45) is 0 Å². The molecule has 0 spiro atoms. The van der Waals surface area contributed by atoms with Gasteiger partial charge in [-0.3, -0.25) is 4.90 Å². The highest BCUT2D eigenvalue weighted by Gasteiger charge is 2.23. The maximum absolute atomic E-state index is 5.75. The number of para-hydroxylation sites is 1. The van der Waals surface area contributed by atoms with Crippen molar-refractivity contribution >= 4 is 12.2 Å². The molecule has 1 aliphatic rings. The number of ether oxygens (including phenoxy) is 2. The molecule has 0 unspecified atom stereocenters. The molecule has 23 heavy (non-hydrogen) atoms. The minimum absolute atomic E-state index is 0.202.